The zero-order chi connectivity index (χ0) is 21.1. The molecule has 0 fully saturated rings. The molecule has 0 unspecified atom stereocenters. The number of rotatable bonds is 5. The van der Waals surface area contributed by atoms with Gasteiger partial charge in [0.15, 0.2) is 5.13 Å². The van der Waals surface area contributed by atoms with Gasteiger partial charge in [0.2, 0.25) is 0 Å². The van der Waals surface area contributed by atoms with E-state index in [-0.39, 0.29) is 5.57 Å². The van der Waals surface area contributed by atoms with Crippen LogP contribution in [0.5, 0.6) is 0 Å². The maximum atomic E-state index is 12.6. The average Bonchev–Trinajstić information content (AvgIpc) is 3.32. The lowest BCUT2D eigenvalue weighted by molar-refractivity contribution is -0.112. The van der Waals surface area contributed by atoms with E-state index in [9.17, 15) is 10.1 Å². The predicted octanol–water partition coefficient (Wildman–Crippen LogP) is 5.42. The highest BCUT2D eigenvalue weighted by Crippen LogP contribution is 2.26. The monoisotopic (exact) mass is 432 g/mol. The van der Waals surface area contributed by atoms with Crippen molar-refractivity contribution >= 4 is 51.0 Å². The quantitative estimate of drug-likeness (QED) is 0.338. The van der Waals surface area contributed by atoms with Crippen LogP contribution in [0.1, 0.15) is 16.0 Å². The number of nitrogens with one attached hydrogen (secondary N) is 1. The molecule has 30 heavy (non-hydrogen) atoms. The lowest BCUT2D eigenvalue weighted by atomic mass is 10.1. The van der Waals surface area contributed by atoms with Gasteiger partial charge in [-0.25, -0.2) is 4.98 Å². The summed E-state index contributed by atoms with van der Waals surface area (Å²) in [5.41, 5.74) is 2.87. The van der Waals surface area contributed by atoms with E-state index in [0.717, 1.165) is 26.9 Å². The summed E-state index contributed by atoms with van der Waals surface area (Å²) in [5, 5.41) is 14.4. The van der Waals surface area contributed by atoms with E-state index < -0.39 is 5.91 Å². The zero-order valence-corrected chi connectivity index (χ0v) is 17.7. The number of amides is 1. The molecule has 0 atom stereocenters. The standard InChI is InChI=1S/C23H17ClN4OS/c1-28-14-17(19-7-3-5-9-21(19)28)10-16(12-25)22(29)27-23-26-13-18(30-23)11-15-6-2-4-8-20(15)24/h2-10,13-14H,11H2,1H3,(H,26,27,29). The molecule has 0 bridgehead atoms. The van der Waals surface area contributed by atoms with Crippen LogP contribution in [0, 0.1) is 11.3 Å². The normalized spacial score (nSPS) is 11.4. The summed E-state index contributed by atoms with van der Waals surface area (Å²) in [6.07, 6.45) is 5.85. The summed E-state index contributed by atoms with van der Waals surface area (Å²) in [7, 11) is 1.93. The van der Waals surface area contributed by atoms with E-state index in [1.54, 1.807) is 12.3 Å². The molecule has 4 rings (SSSR count). The fourth-order valence-corrected chi connectivity index (χ4v) is 4.27. The van der Waals surface area contributed by atoms with Crippen molar-refractivity contribution in [3.05, 3.63) is 87.5 Å². The molecule has 4 aromatic rings. The highest BCUT2D eigenvalue weighted by molar-refractivity contribution is 7.15. The van der Waals surface area contributed by atoms with E-state index in [2.05, 4.69) is 10.3 Å². The van der Waals surface area contributed by atoms with Gasteiger partial charge in [-0.15, -0.1) is 11.3 Å². The Morgan fingerprint density at radius 1 is 1.27 bits per heavy atom. The first-order chi connectivity index (χ1) is 14.5. The minimum Gasteiger partial charge on any atom is -0.350 e. The van der Waals surface area contributed by atoms with E-state index in [4.69, 9.17) is 11.6 Å². The SMILES string of the molecule is Cn1cc(C=C(C#N)C(=O)Nc2ncc(Cc3ccccc3Cl)s2)c2ccccc21. The highest BCUT2D eigenvalue weighted by Gasteiger charge is 2.14. The number of nitrogens with zero attached hydrogens (tertiary/aromatic N) is 3. The Hall–Kier alpha value is -3.40. The number of hydrogen-bond acceptors (Lipinski definition) is 4. The molecule has 2 heterocycles. The Bertz CT molecular complexity index is 1310. The van der Waals surface area contributed by atoms with Gasteiger partial charge < -0.3 is 4.57 Å². The molecule has 0 saturated carbocycles. The Balaban J connectivity index is 1.53. The van der Waals surface area contributed by atoms with Crippen LogP contribution >= 0.6 is 22.9 Å². The summed E-state index contributed by atoms with van der Waals surface area (Å²) >= 11 is 7.58. The third-order valence-corrected chi connectivity index (χ3v) is 5.97. The molecule has 0 radical (unpaired) electrons. The maximum Gasteiger partial charge on any atom is 0.268 e. The van der Waals surface area contributed by atoms with Crippen molar-refractivity contribution in [2.45, 2.75) is 6.42 Å². The molecule has 0 spiro atoms. The molecule has 0 aliphatic rings. The molecule has 7 heteroatoms. The Morgan fingerprint density at radius 3 is 2.83 bits per heavy atom. The number of thiazole rings is 1. The van der Waals surface area contributed by atoms with Crippen LogP contribution in [0.4, 0.5) is 5.13 Å². The second-order valence-electron chi connectivity index (χ2n) is 6.74. The van der Waals surface area contributed by atoms with E-state index in [0.29, 0.717) is 16.6 Å². The van der Waals surface area contributed by atoms with Crippen LogP contribution in [-0.4, -0.2) is 15.5 Å². The van der Waals surface area contributed by atoms with Gasteiger partial charge in [-0.1, -0.05) is 48.0 Å². The van der Waals surface area contributed by atoms with Crippen LogP contribution in [0.15, 0.2) is 66.5 Å². The number of anilines is 1. The molecule has 148 valence electrons. The first-order valence-corrected chi connectivity index (χ1v) is 10.4. The molecular formula is C23H17ClN4OS. The molecule has 2 aromatic heterocycles. The summed E-state index contributed by atoms with van der Waals surface area (Å²) in [5.74, 6) is -0.482. The maximum absolute atomic E-state index is 12.6. The molecule has 0 aliphatic carbocycles. The van der Waals surface area contributed by atoms with Gasteiger partial charge in [0.25, 0.3) is 5.91 Å². The number of nitriles is 1. The number of carbonyl (C=O) groups excluding carboxylic acids is 1. The van der Waals surface area contributed by atoms with Crippen LogP contribution in [-0.2, 0) is 18.3 Å². The van der Waals surface area contributed by atoms with Gasteiger partial charge in [0.05, 0.1) is 0 Å². The van der Waals surface area contributed by atoms with Gasteiger partial charge in [-0.05, 0) is 23.8 Å². The summed E-state index contributed by atoms with van der Waals surface area (Å²) in [4.78, 5) is 17.9. The summed E-state index contributed by atoms with van der Waals surface area (Å²) in [6.45, 7) is 0. The van der Waals surface area contributed by atoms with Crippen molar-refractivity contribution in [1.82, 2.24) is 9.55 Å². The summed E-state index contributed by atoms with van der Waals surface area (Å²) < 4.78 is 1.97. The topological polar surface area (TPSA) is 70.7 Å². The van der Waals surface area contributed by atoms with Crippen LogP contribution < -0.4 is 5.32 Å². The fraction of sp³-hybridized carbons (Fsp3) is 0.0870. The lowest BCUT2D eigenvalue weighted by Crippen LogP contribution is -2.13. The smallest absolute Gasteiger partial charge is 0.268 e. The second-order valence-corrected chi connectivity index (χ2v) is 8.26. The number of halogens is 1. The van der Waals surface area contributed by atoms with Crippen LogP contribution in [0.3, 0.4) is 0 Å². The number of aromatic nitrogens is 2. The van der Waals surface area contributed by atoms with Crippen molar-refractivity contribution in [1.29, 1.82) is 5.26 Å². The molecular weight excluding hydrogens is 416 g/mol. The number of carbonyl (C=O) groups is 1. The minimum atomic E-state index is -0.482. The Kier molecular flexibility index (Phi) is 5.66. The third-order valence-electron chi connectivity index (χ3n) is 4.69. The Labute approximate surface area is 182 Å². The van der Waals surface area contributed by atoms with Crippen LogP contribution in [0.2, 0.25) is 5.02 Å². The number of fused-ring (bicyclic) bond motifs is 1. The molecule has 1 amide bonds. The van der Waals surface area contributed by atoms with Gasteiger partial charge in [-0.2, -0.15) is 5.26 Å². The molecule has 0 saturated heterocycles. The van der Waals surface area contributed by atoms with E-state index in [1.165, 1.54) is 11.3 Å². The molecule has 0 aliphatic heterocycles. The van der Waals surface area contributed by atoms with Crippen molar-refractivity contribution in [2.24, 2.45) is 7.05 Å². The average molecular weight is 433 g/mol. The highest BCUT2D eigenvalue weighted by atomic mass is 35.5. The number of benzene rings is 2. The van der Waals surface area contributed by atoms with Gasteiger partial charge in [0, 0.05) is 52.2 Å². The minimum absolute atomic E-state index is 0.0224. The fourth-order valence-electron chi connectivity index (χ4n) is 3.23. The van der Waals surface area contributed by atoms with E-state index in [1.807, 2.05) is 72.4 Å². The first-order valence-electron chi connectivity index (χ1n) is 9.20. The first kappa shape index (κ1) is 19.9. The van der Waals surface area contributed by atoms with Crippen LogP contribution in [0.25, 0.3) is 17.0 Å². The van der Waals surface area contributed by atoms with Crippen molar-refractivity contribution in [3.8, 4) is 6.07 Å². The van der Waals surface area contributed by atoms with Gasteiger partial charge in [0.1, 0.15) is 11.6 Å². The third kappa shape index (κ3) is 4.13. The number of aryl methyl sites for hydroxylation is 1. The van der Waals surface area contributed by atoms with Crippen molar-refractivity contribution in [2.75, 3.05) is 5.32 Å². The largest absolute Gasteiger partial charge is 0.350 e. The summed E-state index contributed by atoms with van der Waals surface area (Å²) in [6, 6.07) is 17.5. The lowest BCUT2D eigenvalue weighted by Gasteiger charge is -2.01. The molecule has 1 N–H and O–H groups in total. The van der Waals surface area contributed by atoms with Gasteiger partial charge >= 0.3 is 0 Å². The number of para-hydroxylation sites is 1. The van der Waals surface area contributed by atoms with E-state index >= 15 is 0 Å². The predicted molar refractivity (Wildman–Crippen MR) is 122 cm³/mol. The van der Waals surface area contributed by atoms with Crippen molar-refractivity contribution in [3.63, 3.8) is 0 Å². The zero-order valence-electron chi connectivity index (χ0n) is 16.1. The van der Waals surface area contributed by atoms with Crippen molar-refractivity contribution < 1.29 is 4.79 Å². The Morgan fingerprint density at radius 2 is 2.03 bits per heavy atom. The van der Waals surface area contributed by atoms with Gasteiger partial charge in [-0.3, -0.25) is 10.1 Å². The molecule has 2 aromatic carbocycles. The second kappa shape index (κ2) is 8.54. The number of hydrogen-bond donors (Lipinski definition) is 1. The molecule has 5 nitrogen and oxygen atoms in total.